The van der Waals surface area contributed by atoms with Crippen LogP contribution in [0.25, 0.3) is 0 Å². The third-order valence-corrected chi connectivity index (χ3v) is 7.44. The lowest BCUT2D eigenvalue weighted by Gasteiger charge is -2.37. The highest BCUT2D eigenvalue weighted by molar-refractivity contribution is 5.81. The van der Waals surface area contributed by atoms with Crippen LogP contribution in [-0.2, 0) is 11.3 Å². The van der Waals surface area contributed by atoms with Gasteiger partial charge in [-0.1, -0.05) is 31.4 Å². The maximum Gasteiger partial charge on any atom is 0.226 e. The van der Waals surface area contributed by atoms with Crippen molar-refractivity contribution in [2.75, 3.05) is 0 Å². The minimum Gasteiger partial charge on any atom is -0.335 e. The number of hydrogen-bond donors (Lipinski definition) is 0. The Morgan fingerprint density at radius 1 is 1.12 bits per heavy atom. The first kappa shape index (κ1) is 15.6. The normalized spacial score (nSPS) is 32.2. The van der Waals surface area contributed by atoms with E-state index in [1.165, 1.54) is 50.5 Å². The molecule has 1 amide bonds. The molecule has 1 spiro atoms. The first-order valence-electron chi connectivity index (χ1n) is 10.2. The molecular formula is C22H28N2O. The Balaban J connectivity index is 1.39. The molecule has 4 aliphatic carbocycles. The van der Waals surface area contributed by atoms with Gasteiger partial charge in [-0.05, 0) is 67.1 Å². The van der Waals surface area contributed by atoms with E-state index in [2.05, 4.69) is 34.2 Å². The van der Waals surface area contributed by atoms with Crippen molar-refractivity contribution >= 4 is 5.91 Å². The number of aromatic nitrogens is 1. The number of carbonyl (C=O) groups excluding carboxylic acids is 1. The summed E-state index contributed by atoms with van der Waals surface area (Å²) in [5, 5.41) is 0. The van der Waals surface area contributed by atoms with Crippen molar-refractivity contribution in [2.24, 2.45) is 23.2 Å². The van der Waals surface area contributed by atoms with Crippen LogP contribution < -0.4 is 0 Å². The van der Waals surface area contributed by atoms with Crippen LogP contribution in [0.15, 0.2) is 36.7 Å². The lowest BCUT2D eigenvalue weighted by molar-refractivity contribution is -0.140. The third-order valence-electron chi connectivity index (χ3n) is 7.44. The predicted octanol–water partition coefficient (Wildman–Crippen LogP) is 4.35. The van der Waals surface area contributed by atoms with Gasteiger partial charge in [0.25, 0.3) is 0 Å². The number of carbonyl (C=O) groups is 1. The van der Waals surface area contributed by atoms with E-state index < -0.39 is 0 Å². The van der Waals surface area contributed by atoms with Crippen LogP contribution >= 0.6 is 0 Å². The van der Waals surface area contributed by atoms with Crippen molar-refractivity contribution in [2.45, 2.75) is 64.0 Å². The molecule has 132 valence electrons. The van der Waals surface area contributed by atoms with Gasteiger partial charge in [0, 0.05) is 30.9 Å². The van der Waals surface area contributed by atoms with Gasteiger partial charge < -0.3 is 4.90 Å². The van der Waals surface area contributed by atoms with E-state index in [9.17, 15) is 4.79 Å². The Kier molecular flexibility index (Phi) is 3.72. The highest BCUT2D eigenvalue weighted by Gasteiger charge is 2.64. The van der Waals surface area contributed by atoms with Gasteiger partial charge in [-0.25, -0.2) is 0 Å². The molecule has 25 heavy (non-hydrogen) atoms. The fourth-order valence-electron chi connectivity index (χ4n) is 5.93. The Morgan fingerprint density at radius 2 is 1.88 bits per heavy atom. The molecule has 0 aliphatic heterocycles. The minimum atomic E-state index is 0.237. The molecule has 0 radical (unpaired) electrons. The summed E-state index contributed by atoms with van der Waals surface area (Å²) in [6.07, 6.45) is 18.5. The SMILES string of the molecule is O=C(C1CC2C=CC1C21CC1)N(Cc1ccncc1)C1CCCCC1. The molecule has 1 aromatic rings. The average molecular weight is 336 g/mol. The number of rotatable bonds is 4. The van der Waals surface area contributed by atoms with Gasteiger partial charge >= 0.3 is 0 Å². The molecule has 3 heteroatoms. The van der Waals surface area contributed by atoms with Gasteiger partial charge in [0.05, 0.1) is 0 Å². The van der Waals surface area contributed by atoms with E-state index >= 15 is 0 Å². The third kappa shape index (κ3) is 2.54. The molecule has 3 saturated carbocycles. The predicted molar refractivity (Wildman–Crippen MR) is 97.6 cm³/mol. The molecule has 1 aromatic heterocycles. The van der Waals surface area contributed by atoms with Crippen LogP contribution in [0.5, 0.6) is 0 Å². The fraction of sp³-hybridized carbons (Fsp3) is 0.636. The zero-order chi connectivity index (χ0) is 16.9. The van der Waals surface area contributed by atoms with Crippen molar-refractivity contribution in [1.29, 1.82) is 0 Å². The minimum absolute atomic E-state index is 0.237. The van der Waals surface area contributed by atoms with E-state index in [1.807, 2.05) is 12.4 Å². The lowest BCUT2D eigenvalue weighted by atomic mass is 9.86. The van der Waals surface area contributed by atoms with Crippen LogP contribution in [0.3, 0.4) is 0 Å². The Labute approximate surface area is 150 Å². The van der Waals surface area contributed by atoms with Crippen LogP contribution in [0.1, 0.15) is 56.9 Å². The zero-order valence-corrected chi connectivity index (χ0v) is 14.9. The smallest absolute Gasteiger partial charge is 0.226 e. The monoisotopic (exact) mass is 336 g/mol. The maximum absolute atomic E-state index is 13.6. The molecular weight excluding hydrogens is 308 g/mol. The van der Waals surface area contributed by atoms with Gasteiger partial charge in [0.1, 0.15) is 0 Å². The van der Waals surface area contributed by atoms with E-state index in [0.29, 0.717) is 29.2 Å². The molecule has 0 N–H and O–H groups in total. The first-order chi connectivity index (χ1) is 12.3. The lowest BCUT2D eigenvalue weighted by Crippen LogP contribution is -2.45. The molecule has 1 heterocycles. The molecule has 5 rings (SSSR count). The topological polar surface area (TPSA) is 33.2 Å². The van der Waals surface area contributed by atoms with Crippen LogP contribution in [0.4, 0.5) is 0 Å². The first-order valence-corrected chi connectivity index (χ1v) is 10.2. The largest absolute Gasteiger partial charge is 0.335 e. The summed E-state index contributed by atoms with van der Waals surface area (Å²) in [6.45, 7) is 0.761. The molecule has 2 bridgehead atoms. The van der Waals surface area contributed by atoms with Gasteiger partial charge in [0.2, 0.25) is 5.91 Å². The summed E-state index contributed by atoms with van der Waals surface area (Å²) in [6, 6.07) is 4.56. The fourth-order valence-corrected chi connectivity index (χ4v) is 5.93. The van der Waals surface area contributed by atoms with Crippen molar-refractivity contribution < 1.29 is 4.79 Å². The van der Waals surface area contributed by atoms with Gasteiger partial charge in [0.15, 0.2) is 0 Å². The number of nitrogens with zero attached hydrogens (tertiary/aromatic N) is 2. The second-order valence-corrected chi connectivity index (χ2v) is 8.71. The summed E-state index contributed by atoms with van der Waals surface area (Å²) in [4.78, 5) is 20.0. The van der Waals surface area contributed by atoms with Gasteiger partial charge in [-0.3, -0.25) is 9.78 Å². The Morgan fingerprint density at radius 3 is 2.56 bits per heavy atom. The van der Waals surface area contributed by atoms with E-state index in [1.54, 1.807) is 0 Å². The number of allylic oxidation sites excluding steroid dienone is 2. The molecule has 3 fully saturated rings. The second-order valence-electron chi connectivity index (χ2n) is 8.71. The van der Waals surface area contributed by atoms with Crippen molar-refractivity contribution in [3.05, 3.63) is 42.2 Å². The maximum atomic E-state index is 13.6. The summed E-state index contributed by atoms with van der Waals surface area (Å²) in [7, 11) is 0. The van der Waals surface area contributed by atoms with Gasteiger partial charge in [-0.15, -0.1) is 0 Å². The van der Waals surface area contributed by atoms with Crippen molar-refractivity contribution in [3.8, 4) is 0 Å². The second kappa shape index (κ2) is 5.96. The standard InChI is InChI=1S/C22H28N2O/c25-21(19-14-17-6-7-20(19)22(17)10-11-22)24(18-4-2-1-3-5-18)15-16-8-12-23-13-9-16/h6-9,12-13,17-20H,1-5,10-11,14-15H2. The van der Waals surface area contributed by atoms with Crippen LogP contribution in [0, 0.1) is 23.2 Å². The highest BCUT2D eigenvalue weighted by atomic mass is 16.2. The van der Waals surface area contributed by atoms with Gasteiger partial charge in [-0.2, -0.15) is 0 Å². The summed E-state index contributed by atoms with van der Waals surface area (Å²) < 4.78 is 0. The Hall–Kier alpha value is -1.64. The summed E-state index contributed by atoms with van der Waals surface area (Å²) in [5.74, 6) is 1.88. The molecule has 0 aromatic carbocycles. The average Bonchev–Trinajstić information content (AvgIpc) is 3.34. The molecule has 3 atom stereocenters. The van der Waals surface area contributed by atoms with E-state index in [0.717, 1.165) is 13.0 Å². The number of pyridine rings is 1. The van der Waals surface area contributed by atoms with E-state index in [-0.39, 0.29) is 5.92 Å². The van der Waals surface area contributed by atoms with Crippen LogP contribution in [0.2, 0.25) is 0 Å². The van der Waals surface area contributed by atoms with Crippen LogP contribution in [-0.4, -0.2) is 21.8 Å². The molecule has 0 saturated heterocycles. The molecule has 4 aliphatic rings. The Bertz CT molecular complexity index is 673. The molecule has 3 unspecified atom stereocenters. The quantitative estimate of drug-likeness (QED) is 0.766. The number of amides is 1. The zero-order valence-electron chi connectivity index (χ0n) is 14.9. The van der Waals surface area contributed by atoms with Crippen molar-refractivity contribution in [3.63, 3.8) is 0 Å². The highest BCUT2D eigenvalue weighted by Crippen LogP contribution is 2.70. The molecule has 3 nitrogen and oxygen atoms in total. The van der Waals surface area contributed by atoms with Crippen molar-refractivity contribution in [1.82, 2.24) is 9.88 Å². The summed E-state index contributed by atoms with van der Waals surface area (Å²) in [5.41, 5.74) is 1.71. The summed E-state index contributed by atoms with van der Waals surface area (Å²) >= 11 is 0. The van der Waals surface area contributed by atoms with E-state index in [4.69, 9.17) is 0 Å². The number of hydrogen-bond acceptors (Lipinski definition) is 2.